The maximum Gasteiger partial charge on any atom is 0.390 e. The van der Waals surface area contributed by atoms with Gasteiger partial charge in [-0.15, -0.1) is 0 Å². The number of carbonyl (C=O) groups is 2. The van der Waals surface area contributed by atoms with Gasteiger partial charge in [-0.25, -0.2) is 8.78 Å². The molecule has 240 valence electrons. The highest BCUT2D eigenvalue weighted by Crippen LogP contribution is 2.31. The summed E-state index contributed by atoms with van der Waals surface area (Å²) in [6.07, 6.45) is -2.84. The van der Waals surface area contributed by atoms with Crippen LogP contribution in [0.3, 0.4) is 0 Å². The molecule has 3 saturated heterocycles. The topological polar surface area (TPSA) is 71.2 Å². The largest absolute Gasteiger partial charge is 0.390 e. The van der Waals surface area contributed by atoms with Gasteiger partial charge < -0.3 is 15.5 Å². The number of piperazine rings is 2. The van der Waals surface area contributed by atoms with Crippen LogP contribution in [0, 0.1) is 11.6 Å². The van der Waals surface area contributed by atoms with Crippen molar-refractivity contribution in [1.82, 2.24) is 20.0 Å². The minimum Gasteiger partial charge on any atom is -0.367 e. The molecule has 0 aromatic heterocycles. The second kappa shape index (κ2) is 14.0. The van der Waals surface area contributed by atoms with Crippen molar-refractivity contribution in [2.45, 2.75) is 38.0 Å². The number of fused-ring (bicyclic) bond motifs is 1. The van der Waals surface area contributed by atoms with Crippen LogP contribution in [0.15, 0.2) is 30.3 Å². The molecule has 1 unspecified atom stereocenters. The fourth-order valence-corrected chi connectivity index (χ4v) is 6.28. The van der Waals surface area contributed by atoms with Crippen molar-refractivity contribution >= 4 is 34.8 Å². The molecule has 14 heteroatoms. The lowest BCUT2D eigenvalue weighted by atomic mass is 10.1. The average Bonchev–Trinajstić information content (AvgIpc) is 3.46. The van der Waals surface area contributed by atoms with E-state index in [-0.39, 0.29) is 31.1 Å². The van der Waals surface area contributed by atoms with Crippen LogP contribution in [0.5, 0.6) is 0 Å². The van der Waals surface area contributed by atoms with Gasteiger partial charge in [0.2, 0.25) is 5.91 Å². The SMILES string of the molecule is O=C(CN1CCN2CCCC2C1)NCc1ccc(C(=O)Nc2ccc(Cl)cc2N2CCN(CCC(F)(F)F)CC2)c(F)c1F. The van der Waals surface area contributed by atoms with Crippen molar-refractivity contribution in [3.63, 3.8) is 0 Å². The highest BCUT2D eigenvalue weighted by Gasteiger charge is 2.32. The standard InChI is InChI=1S/C30H36ClF5N6O2/c31-21-4-6-24(25(16-21)42-14-10-39(11-15-42)9-7-30(34,35)36)38-29(44)23-5-3-20(27(32)28(23)33)17-37-26(43)19-40-12-13-41-8-1-2-22(41)18-40/h3-6,16,22H,1-2,7-15,17-19H2,(H,37,43)(H,38,44). The number of amides is 2. The quantitative estimate of drug-likeness (QED) is 0.397. The smallest absolute Gasteiger partial charge is 0.367 e. The second-order valence-corrected chi connectivity index (χ2v) is 12.0. The molecule has 3 aliphatic rings. The monoisotopic (exact) mass is 642 g/mol. The summed E-state index contributed by atoms with van der Waals surface area (Å²) in [5.41, 5.74) is 0.238. The summed E-state index contributed by atoms with van der Waals surface area (Å²) in [5, 5.41) is 5.65. The van der Waals surface area contributed by atoms with Crippen LogP contribution in [0.25, 0.3) is 0 Å². The number of rotatable bonds is 9. The number of hydrogen-bond acceptors (Lipinski definition) is 6. The Morgan fingerprint density at radius 2 is 1.68 bits per heavy atom. The van der Waals surface area contributed by atoms with E-state index in [1.54, 1.807) is 11.0 Å². The first-order chi connectivity index (χ1) is 21.0. The minimum absolute atomic E-state index is 0.0800. The summed E-state index contributed by atoms with van der Waals surface area (Å²) in [4.78, 5) is 33.7. The van der Waals surface area contributed by atoms with E-state index >= 15 is 4.39 Å². The van der Waals surface area contributed by atoms with E-state index in [0.29, 0.717) is 48.6 Å². The van der Waals surface area contributed by atoms with Gasteiger partial charge in [0.15, 0.2) is 11.6 Å². The second-order valence-electron chi connectivity index (χ2n) is 11.6. The Morgan fingerprint density at radius 3 is 2.43 bits per heavy atom. The van der Waals surface area contributed by atoms with Crippen molar-refractivity contribution in [3.05, 3.63) is 58.1 Å². The molecular formula is C30H36ClF5N6O2. The molecule has 2 N–H and O–H groups in total. The van der Waals surface area contributed by atoms with E-state index < -0.39 is 35.7 Å². The summed E-state index contributed by atoms with van der Waals surface area (Å²) in [6.45, 7) is 5.01. The zero-order valence-corrected chi connectivity index (χ0v) is 25.0. The fourth-order valence-electron chi connectivity index (χ4n) is 6.11. The third-order valence-corrected chi connectivity index (χ3v) is 8.79. The Kier molecular flexibility index (Phi) is 10.3. The number of carbonyl (C=O) groups excluding carboxylic acids is 2. The molecular weight excluding hydrogens is 607 g/mol. The first-order valence-corrected chi connectivity index (χ1v) is 15.2. The van der Waals surface area contributed by atoms with Gasteiger partial charge in [0.25, 0.3) is 5.91 Å². The number of nitrogens with zero attached hydrogens (tertiary/aromatic N) is 4. The first-order valence-electron chi connectivity index (χ1n) is 14.8. The lowest BCUT2D eigenvalue weighted by Crippen LogP contribution is -2.52. The lowest BCUT2D eigenvalue weighted by molar-refractivity contribution is -0.138. The van der Waals surface area contributed by atoms with E-state index in [0.717, 1.165) is 32.6 Å². The van der Waals surface area contributed by atoms with E-state index in [4.69, 9.17) is 11.6 Å². The normalized spacial score (nSPS) is 20.0. The first kappa shape index (κ1) is 32.4. The van der Waals surface area contributed by atoms with Gasteiger partial charge in [-0.1, -0.05) is 17.7 Å². The van der Waals surface area contributed by atoms with Gasteiger partial charge in [-0.05, 0) is 43.7 Å². The Bertz CT molecular complexity index is 1350. The molecule has 44 heavy (non-hydrogen) atoms. The van der Waals surface area contributed by atoms with Gasteiger partial charge in [0.05, 0.1) is 29.9 Å². The van der Waals surface area contributed by atoms with Crippen LogP contribution < -0.4 is 15.5 Å². The fraction of sp³-hybridized carbons (Fsp3) is 0.533. The summed E-state index contributed by atoms with van der Waals surface area (Å²) in [6, 6.07) is 7.59. The average molecular weight is 643 g/mol. The van der Waals surface area contributed by atoms with Gasteiger partial charge in [0, 0.05) is 75.5 Å². The van der Waals surface area contributed by atoms with E-state index in [9.17, 15) is 27.2 Å². The molecule has 5 rings (SSSR count). The Hall–Kier alpha value is -3.00. The number of benzene rings is 2. The van der Waals surface area contributed by atoms with Crippen LogP contribution in [0.2, 0.25) is 5.02 Å². The molecule has 0 aliphatic carbocycles. The van der Waals surface area contributed by atoms with E-state index in [1.165, 1.54) is 30.7 Å². The highest BCUT2D eigenvalue weighted by atomic mass is 35.5. The number of anilines is 2. The third kappa shape index (κ3) is 8.17. The minimum atomic E-state index is -4.23. The Balaban J connectivity index is 1.17. The summed E-state index contributed by atoms with van der Waals surface area (Å²) in [5.74, 6) is -3.71. The highest BCUT2D eigenvalue weighted by molar-refractivity contribution is 6.31. The molecule has 0 bridgehead atoms. The number of hydrogen-bond donors (Lipinski definition) is 2. The molecule has 2 aromatic rings. The Morgan fingerprint density at radius 1 is 0.932 bits per heavy atom. The molecule has 0 radical (unpaired) electrons. The predicted molar refractivity (Wildman–Crippen MR) is 158 cm³/mol. The van der Waals surface area contributed by atoms with Gasteiger partial charge in [-0.3, -0.25) is 24.3 Å². The molecule has 3 fully saturated rings. The van der Waals surface area contributed by atoms with Gasteiger partial charge >= 0.3 is 6.18 Å². The molecule has 0 saturated carbocycles. The van der Waals surface area contributed by atoms with Gasteiger partial charge in [0.1, 0.15) is 0 Å². The molecule has 8 nitrogen and oxygen atoms in total. The molecule has 0 spiro atoms. The van der Waals surface area contributed by atoms with Crippen LogP contribution in [-0.4, -0.2) is 104 Å². The van der Waals surface area contributed by atoms with Crippen molar-refractivity contribution < 1.29 is 31.5 Å². The Labute approximate surface area is 258 Å². The van der Waals surface area contributed by atoms with Crippen molar-refractivity contribution in [2.24, 2.45) is 0 Å². The zero-order valence-electron chi connectivity index (χ0n) is 24.2. The molecule has 3 heterocycles. The van der Waals surface area contributed by atoms with Crippen LogP contribution in [0.4, 0.5) is 33.3 Å². The van der Waals surface area contributed by atoms with E-state index in [2.05, 4.69) is 20.4 Å². The zero-order chi connectivity index (χ0) is 31.4. The molecule has 2 aromatic carbocycles. The third-order valence-electron chi connectivity index (χ3n) is 8.55. The number of nitrogens with one attached hydrogen (secondary N) is 2. The lowest BCUT2D eigenvalue weighted by Gasteiger charge is -2.37. The molecule has 3 aliphatic heterocycles. The predicted octanol–water partition coefficient (Wildman–Crippen LogP) is 4.34. The summed E-state index contributed by atoms with van der Waals surface area (Å²) in [7, 11) is 0. The molecule has 2 amide bonds. The van der Waals surface area contributed by atoms with Crippen LogP contribution in [-0.2, 0) is 11.3 Å². The van der Waals surface area contributed by atoms with Crippen LogP contribution in [0.1, 0.15) is 35.2 Å². The van der Waals surface area contributed by atoms with Crippen molar-refractivity contribution in [1.29, 1.82) is 0 Å². The number of halogens is 6. The summed E-state index contributed by atoms with van der Waals surface area (Å²) >= 11 is 6.19. The summed E-state index contributed by atoms with van der Waals surface area (Å²) < 4.78 is 67.9. The maximum absolute atomic E-state index is 15.1. The van der Waals surface area contributed by atoms with Crippen molar-refractivity contribution in [3.8, 4) is 0 Å². The van der Waals surface area contributed by atoms with Crippen molar-refractivity contribution in [2.75, 3.05) is 75.7 Å². The van der Waals surface area contributed by atoms with Crippen LogP contribution >= 0.6 is 11.6 Å². The number of alkyl halides is 3. The maximum atomic E-state index is 15.1. The van der Waals surface area contributed by atoms with E-state index in [1.807, 2.05) is 4.90 Å². The van der Waals surface area contributed by atoms with Gasteiger partial charge in [-0.2, -0.15) is 13.2 Å². The molecule has 1 atom stereocenters.